The van der Waals surface area contributed by atoms with Crippen LogP contribution in [0.1, 0.15) is 23.8 Å². The van der Waals surface area contributed by atoms with Crippen LogP contribution in [0.3, 0.4) is 0 Å². The number of hydrogen-bond donors (Lipinski definition) is 2. The predicted molar refractivity (Wildman–Crippen MR) is 49.2 cm³/mol. The van der Waals surface area contributed by atoms with Crippen LogP contribution < -0.4 is 5.32 Å². The summed E-state index contributed by atoms with van der Waals surface area (Å²) in [5.74, 6) is 0.369. The summed E-state index contributed by atoms with van der Waals surface area (Å²) in [6.07, 6.45) is 2.36. The van der Waals surface area contributed by atoms with Crippen LogP contribution in [-0.2, 0) is 0 Å². The van der Waals surface area contributed by atoms with Crippen LogP contribution in [0, 0.1) is 11.8 Å². The van der Waals surface area contributed by atoms with Crippen molar-refractivity contribution in [2.24, 2.45) is 11.8 Å². The Balaban J connectivity index is 1.87. The van der Waals surface area contributed by atoms with Crippen molar-refractivity contribution in [1.29, 1.82) is 0 Å². The molecule has 0 saturated heterocycles. The number of hydrogen-bond acceptors (Lipinski definition) is 4. The average molecular weight is 196 g/mol. The third-order valence-corrected chi connectivity index (χ3v) is 2.51. The maximum absolute atomic E-state index is 10.5. The lowest BCUT2D eigenvalue weighted by Crippen LogP contribution is -2.05. The fraction of sp³-hybridized carbons (Fsp3) is 0.556. The number of rotatable bonds is 4. The van der Waals surface area contributed by atoms with E-state index in [1.807, 2.05) is 0 Å². The number of oxazole rings is 1. The molecule has 2 rings (SSSR count). The standard InChI is InChI=1S/C9H12N2O3/c1-5-2-6(5)3-10-9-11-7(4-14-9)8(12)13/h4-6H,2-3H2,1H3,(H,10,11)(H,12,13). The van der Waals surface area contributed by atoms with Crippen LogP contribution in [0.4, 0.5) is 6.01 Å². The fourth-order valence-corrected chi connectivity index (χ4v) is 1.36. The third kappa shape index (κ3) is 1.86. The number of anilines is 1. The Kier molecular flexibility index (Phi) is 2.15. The highest BCUT2D eigenvalue weighted by atomic mass is 16.4. The third-order valence-electron chi connectivity index (χ3n) is 2.51. The van der Waals surface area contributed by atoms with Gasteiger partial charge in [-0.25, -0.2) is 4.79 Å². The molecule has 0 bridgehead atoms. The first-order chi connectivity index (χ1) is 6.66. The van der Waals surface area contributed by atoms with Crippen molar-refractivity contribution in [3.63, 3.8) is 0 Å². The van der Waals surface area contributed by atoms with Gasteiger partial charge in [-0.15, -0.1) is 0 Å². The highest BCUT2D eigenvalue weighted by molar-refractivity contribution is 5.85. The summed E-state index contributed by atoms with van der Waals surface area (Å²) < 4.78 is 4.94. The molecule has 0 aliphatic heterocycles. The molecule has 5 nitrogen and oxygen atoms in total. The zero-order chi connectivity index (χ0) is 10.1. The molecule has 2 N–H and O–H groups in total. The average Bonchev–Trinajstić information content (AvgIpc) is 2.68. The topological polar surface area (TPSA) is 75.4 Å². The van der Waals surface area contributed by atoms with Crippen molar-refractivity contribution in [2.45, 2.75) is 13.3 Å². The van der Waals surface area contributed by atoms with Gasteiger partial charge in [0, 0.05) is 6.54 Å². The molecule has 1 heterocycles. The molecule has 0 radical (unpaired) electrons. The van der Waals surface area contributed by atoms with E-state index >= 15 is 0 Å². The first-order valence-electron chi connectivity index (χ1n) is 4.59. The summed E-state index contributed by atoms with van der Waals surface area (Å²) >= 11 is 0. The lowest BCUT2D eigenvalue weighted by Gasteiger charge is -1.97. The van der Waals surface area contributed by atoms with Gasteiger partial charge in [0.25, 0.3) is 6.01 Å². The number of carboxylic acid groups (broad SMARTS) is 1. The van der Waals surface area contributed by atoms with Gasteiger partial charge in [-0.1, -0.05) is 6.92 Å². The van der Waals surface area contributed by atoms with Crippen LogP contribution >= 0.6 is 0 Å². The number of carboxylic acids is 1. The van der Waals surface area contributed by atoms with Crippen molar-refractivity contribution < 1.29 is 14.3 Å². The van der Waals surface area contributed by atoms with Gasteiger partial charge in [0.05, 0.1) is 0 Å². The quantitative estimate of drug-likeness (QED) is 0.762. The summed E-state index contributed by atoms with van der Waals surface area (Å²) in [6, 6.07) is 0.293. The Bertz CT molecular complexity index is 348. The maximum Gasteiger partial charge on any atom is 0.357 e. The van der Waals surface area contributed by atoms with Gasteiger partial charge in [-0.05, 0) is 18.3 Å². The molecule has 5 heteroatoms. The van der Waals surface area contributed by atoms with Gasteiger partial charge in [0.15, 0.2) is 5.69 Å². The highest BCUT2D eigenvalue weighted by Crippen LogP contribution is 2.37. The van der Waals surface area contributed by atoms with Crippen LogP contribution in [-0.4, -0.2) is 22.6 Å². The summed E-state index contributed by atoms with van der Waals surface area (Å²) in [6.45, 7) is 2.99. The number of nitrogens with zero attached hydrogens (tertiary/aromatic N) is 1. The molecule has 1 aliphatic carbocycles. The monoisotopic (exact) mass is 196 g/mol. The minimum atomic E-state index is -1.07. The number of aromatic carboxylic acids is 1. The van der Waals surface area contributed by atoms with Crippen molar-refractivity contribution in [1.82, 2.24) is 4.98 Å². The molecule has 1 aromatic heterocycles. The van der Waals surface area contributed by atoms with E-state index in [1.165, 1.54) is 6.42 Å². The van der Waals surface area contributed by atoms with Gasteiger partial charge >= 0.3 is 5.97 Å². The number of carbonyl (C=O) groups is 1. The summed E-state index contributed by atoms with van der Waals surface area (Å²) in [5.41, 5.74) is -0.0589. The lowest BCUT2D eigenvalue weighted by atomic mass is 10.3. The highest BCUT2D eigenvalue weighted by Gasteiger charge is 2.32. The van der Waals surface area contributed by atoms with E-state index in [0.29, 0.717) is 11.9 Å². The normalized spacial score (nSPS) is 24.6. The molecule has 1 aromatic rings. The summed E-state index contributed by atoms with van der Waals surface area (Å²) in [7, 11) is 0. The van der Waals surface area contributed by atoms with Crippen LogP contribution in [0.2, 0.25) is 0 Å². The van der Waals surface area contributed by atoms with Crippen LogP contribution in [0.5, 0.6) is 0 Å². The molecule has 0 spiro atoms. The fourth-order valence-electron chi connectivity index (χ4n) is 1.36. The molecule has 0 amide bonds. The Hall–Kier alpha value is -1.52. The second kappa shape index (κ2) is 3.32. The summed E-state index contributed by atoms with van der Waals surface area (Å²) in [4.78, 5) is 14.2. The molecule has 1 saturated carbocycles. The largest absolute Gasteiger partial charge is 0.476 e. The van der Waals surface area contributed by atoms with E-state index in [-0.39, 0.29) is 5.69 Å². The molecule has 2 unspecified atom stereocenters. The van der Waals surface area contributed by atoms with Gasteiger partial charge < -0.3 is 14.8 Å². The van der Waals surface area contributed by atoms with Crippen molar-refractivity contribution in [2.75, 3.05) is 11.9 Å². The van der Waals surface area contributed by atoms with Crippen LogP contribution in [0.15, 0.2) is 10.7 Å². The Labute approximate surface area is 81.1 Å². The molecule has 1 fully saturated rings. The predicted octanol–water partition coefficient (Wildman–Crippen LogP) is 1.44. The number of aromatic nitrogens is 1. The Morgan fingerprint density at radius 2 is 2.57 bits per heavy atom. The van der Waals surface area contributed by atoms with E-state index in [1.54, 1.807) is 0 Å². The van der Waals surface area contributed by atoms with Gasteiger partial charge in [0.1, 0.15) is 6.26 Å². The Morgan fingerprint density at radius 3 is 3.07 bits per heavy atom. The zero-order valence-corrected chi connectivity index (χ0v) is 7.86. The van der Waals surface area contributed by atoms with E-state index in [2.05, 4.69) is 17.2 Å². The SMILES string of the molecule is CC1CC1CNc1nc(C(=O)O)co1. The van der Waals surface area contributed by atoms with Crippen LogP contribution in [0.25, 0.3) is 0 Å². The minimum absolute atomic E-state index is 0.0589. The lowest BCUT2D eigenvalue weighted by molar-refractivity contribution is 0.0690. The zero-order valence-electron chi connectivity index (χ0n) is 7.86. The molecular weight excluding hydrogens is 184 g/mol. The second-order valence-electron chi connectivity index (χ2n) is 3.70. The molecule has 1 aliphatic rings. The van der Waals surface area contributed by atoms with Crippen molar-refractivity contribution in [3.05, 3.63) is 12.0 Å². The maximum atomic E-state index is 10.5. The van der Waals surface area contributed by atoms with Gasteiger partial charge in [0.2, 0.25) is 0 Å². The first-order valence-corrected chi connectivity index (χ1v) is 4.59. The smallest absolute Gasteiger partial charge is 0.357 e. The number of nitrogens with one attached hydrogen (secondary N) is 1. The molecule has 0 aromatic carbocycles. The minimum Gasteiger partial charge on any atom is -0.476 e. The first kappa shape index (κ1) is 9.05. The van der Waals surface area contributed by atoms with Gasteiger partial charge in [-0.2, -0.15) is 4.98 Å². The van der Waals surface area contributed by atoms with E-state index < -0.39 is 5.97 Å². The Morgan fingerprint density at radius 1 is 1.86 bits per heavy atom. The van der Waals surface area contributed by atoms with Crippen molar-refractivity contribution >= 4 is 12.0 Å². The molecular formula is C9H12N2O3. The second-order valence-corrected chi connectivity index (χ2v) is 3.70. The van der Waals surface area contributed by atoms with Crippen molar-refractivity contribution in [3.8, 4) is 0 Å². The molecule has 2 atom stereocenters. The van der Waals surface area contributed by atoms with E-state index in [4.69, 9.17) is 9.52 Å². The van der Waals surface area contributed by atoms with Gasteiger partial charge in [-0.3, -0.25) is 0 Å². The molecule has 14 heavy (non-hydrogen) atoms. The summed E-state index contributed by atoms with van der Waals surface area (Å²) in [5, 5.41) is 11.6. The van der Waals surface area contributed by atoms with E-state index in [0.717, 1.165) is 18.7 Å². The molecule has 76 valence electrons. The van der Waals surface area contributed by atoms with E-state index in [9.17, 15) is 4.79 Å².